The maximum absolute atomic E-state index is 15.8. The summed E-state index contributed by atoms with van der Waals surface area (Å²) < 4.78 is 15.8. The van der Waals surface area contributed by atoms with Crippen LogP contribution in [0.1, 0.15) is 75.8 Å². The van der Waals surface area contributed by atoms with Crippen LogP contribution in [0.2, 0.25) is 10.0 Å². The molecule has 2 aromatic rings. The summed E-state index contributed by atoms with van der Waals surface area (Å²) in [5, 5.41) is 7.27. The summed E-state index contributed by atoms with van der Waals surface area (Å²) in [6.07, 6.45) is 5.78. The number of Topliss-reactive ketones (excluding diaryl/α,β-unsaturated/α-hetero) is 1. The van der Waals surface area contributed by atoms with Crippen LogP contribution in [0.25, 0.3) is 0 Å². The molecular formula is C29H31Cl2FN2O2. The van der Waals surface area contributed by atoms with E-state index >= 15 is 4.39 Å². The standard InChI is InChI=1S/C29H31Cl2FN2O2/c1-27(2)14-16(15-27)12-22(35)25-23(18-6-5-7-20(31)24(18)32)29(28(34-25)10-3-4-11-28)19-9-8-17(30)13-21(19)33-26(29)36/h5-9,13,16,23,25,34H,3-4,10-12,14-15H2,1-2H3,(H,33,36)/t23-,25-,29+/m0/s1. The first-order valence-electron chi connectivity index (χ1n) is 12.9. The summed E-state index contributed by atoms with van der Waals surface area (Å²) >= 11 is 12.6. The van der Waals surface area contributed by atoms with E-state index in [1.54, 1.807) is 24.3 Å². The van der Waals surface area contributed by atoms with Crippen molar-refractivity contribution in [3.63, 3.8) is 0 Å². The topological polar surface area (TPSA) is 58.2 Å². The van der Waals surface area contributed by atoms with E-state index < -0.39 is 28.7 Å². The van der Waals surface area contributed by atoms with E-state index in [0.717, 1.165) is 44.1 Å². The van der Waals surface area contributed by atoms with Crippen LogP contribution < -0.4 is 10.6 Å². The molecule has 2 aliphatic heterocycles. The van der Waals surface area contributed by atoms with Crippen LogP contribution in [0.15, 0.2) is 36.4 Å². The molecule has 2 spiro atoms. The molecule has 2 saturated carbocycles. The van der Waals surface area contributed by atoms with Crippen LogP contribution in [-0.4, -0.2) is 23.3 Å². The van der Waals surface area contributed by atoms with Crippen molar-refractivity contribution in [2.75, 3.05) is 5.32 Å². The molecule has 0 aromatic heterocycles. The van der Waals surface area contributed by atoms with E-state index in [9.17, 15) is 9.59 Å². The summed E-state index contributed by atoms with van der Waals surface area (Å²) in [5.41, 5.74) is 0.203. The minimum atomic E-state index is -1.14. The third-order valence-corrected chi connectivity index (χ3v) is 9.82. The first-order valence-corrected chi connectivity index (χ1v) is 13.7. The van der Waals surface area contributed by atoms with Gasteiger partial charge in [0.05, 0.1) is 11.1 Å². The molecule has 0 radical (unpaired) electrons. The number of anilines is 1. The molecule has 4 aliphatic rings. The molecule has 6 rings (SSSR count). The Morgan fingerprint density at radius 1 is 1.11 bits per heavy atom. The number of nitrogens with one attached hydrogen (secondary N) is 2. The Labute approximate surface area is 221 Å². The highest BCUT2D eigenvalue weighted by molar-refractivity contribution is 6.31. The molecule has 0 unspecified atom stereocenters. The van der Waals surface area contributed by atoms with Crippen molar-refractivity contribution in [1.29, 1.82) is 0 Å². The summed E-state index contributed by atoms with van der Waals surface area (Å²) in [6, 6.07) is 9.64. The number of rotatable bonds is 4. The zero-order valence-electron chi connectivity index (χ0n) is 20.6. The van der Waals surface area contributed by atoms with Crippen molar-refractivity contribution in [1.82, 2.24) is 5.32 Å². The second-order valence-electron chi connectivity index (χ2n) is 12.1. The first-order chi connectivity index (χ1) is 17.1. The lowest BCUT2D eigenvalue weighted by Crippen LogP contribution is -2.57. The molecule has 0 bridgehead atoms. The van der Waals surface area contributed by atoms with Crippen molar-refractivity contribution in [2.24, 2.45) is 11.3 Å². The minimum absolute atomic E-state index is 0.00306. The molecule has 2 heterocycles. The molecule has 2 aliphatic carbocycles. The minimum Gasteiger partial charge on any atom is -0.325 e. The zero-order valence-corrected chi connectivity index (χ0v) is 22.1. The monoisotopic (exact) mass is 528 g/mol. The Hall–Kier alpha value is -1.95. The molecule has 190 valence electrons. The van der Waals surface area contributed by atoms with Gasteiger partial charge in [-0.15, -0.1) is 0 Å². The van der Waals surface area contributed by atoms with E-state index in [4.69, 9.17) is 23.2 Å². The van der Waals surface area contributed by atoms with Gasteiger partial charge in [0, 0.05) is 28.6 Å². The summed E-state index contributed by atoms with van der Waals surface area (Å²) in [6.45, 7) is 4.44. The molecule has 3 fully saturated rings. The zero-order chi connectivity index (χ0) is 25.5. The van der Waals surface area contributed by atoms with E-state index in [-0.39, 0.29) is 22.1 Å². The molecule has 36 heavy (non-hydrogen) atoms. The number of hydrogen-bond acceptors (Lipinski definition) is 3. The third-order valence-electron chi connectivity index (χ3n) is 9.29. The molecular weight excluding hydrogens is 498 g/mol. The van der Waals surface area contributed by atoms with Crippen LogP contribution in [0.4, 0.5) is 10.1 Å². The number of benzene rings is 2. The van der Waals surface area contributed by atoms with Gasteiger partial charge < -0.3 is 5.32 Å². The Kier molecular flexibility index (Phi) is 5.61. The van der Waals surface area contributed by atoms with E-state index in [1.165, 1.54) is 6.07 Å². The highest BCUT2D eigenvalue weighted by atomic mass is 35.5. The molecule has 2 N–H and O–H groups in total. The van der Waals surface area contributed by atoms with E-state index in [2.05, 4.69) is 24.5 Å². The van der Waals surface area contributed by atoms with Gasteiger partial charge in [-0.1, -0.05) is 68.1 Å². The molecule has 4 nitrogen and oxygen atoms in total. The van der Waals surface area contributed by atoms with Gasteiger partial charge in [0.1, 0.15) is 11.2 Å². The lowest BCUT2D eigenvalue weighted by Gasteiger charge is -2.43. The van der Waals surface area contributed by atoms with Crippen LogP contribution in [0, 0.1) is 17.2 Å². The number of fused-ring (bicyclic) bond motifs is 3. The molecule has 1 saturated heterocycles. The Morgan fingerprint density at radius 3 is 2.53 bits per heavy atom. The van der Waals surface area contributed by atoms with Gasteiger partial charge in [0.25, 0.3) is 0 Å². The highest BCUT2D eigenvalue weighted by Crippen LogP contribution is 2.63. The van der Waals surface area contributed by atoms with E-state index in [1.807, 2.05) is 6.07 Å². The number of carbonyl (C=O) groups is 2. The smallest absolute Gasteiger partial charge is 0.237 e. The number of hydrogen-bond donors (Lipinski definition) is 2. The van der Waals surface area contributed by atoms with Crippen molar-refractivity contribution >= 4 is 40.6 Å². The fourth-order valence-corrected chi connectivity index (χ4v) is 8.50. The van der Waals surface area contributed by atoms with Crippen molar-refractivity contribution < 1.29 is 14.0 Å². The number of ketones is 1. The molecule has 2 aromatic carbocycles. The summed E-state index contributed by atoms with van der Waals surface area (Å²) in [5.74, 6) is -1.11. The maximum Gasteiger partial charge on any atom is 0.237 e. The van der Waals surface area contributed by atoms with Gasteiger partial charge in [0.2, 0.25) is 5.91 Å². The largest absolute Gasteiger partial charge is 0.325 e. The lowest BCUT2D eigenvalue weighted by molar-refractivity contribution is -0.124. The quantitative estimate of drug-likeness (QED) is 0.459. The van der Waals surface area contributed by atoms with Crippen molar-refractivity contribution in [2.45, 2.75) is 81.7 Å². The van der Waals surface area contributed by atoms with Gasteiger partial charge in [-0.3, -0.25) is 14.9 Å². The SMILES string of the molecule is CC1(C)CC(CC(=O)[C@@H]2NC3(CCCC3)[C@@]3(C(=O)Nc4cc(Cl)ccc43)[C@H]2c2cccc(Cl)c2F)C1. The molecule has 3 atom stereocenters. The van der Waals surface area contributed by atoms with Crippen LogP contribution in [0.5, 0.6) is 0 Å². The predicted molar refractivity (Wildman–Crippen MR) is 140 cm³/mol. The number of amides is 1. The Bertz CT molecular complexity index is 1260. The van der Waals surface area contributed by atoms with Crippen LogP contribution in [-0.2, 0) is 15.0 Å². The van der Waals surface area contributed by atoms with E-state index in [0.29, 0.717) is 28.6 Å². The summed E-state index contributed by atoms with van der Waals surface area (Å²) in [7, 11) is 0. The van der Waals surface area contributed by atoms with Crippen LogP contribution >= 0.6 is 23.2 Å². The average Bonchev–Trinajstić information content (AvgIpc) is 3.46. The van der Waals surface area contributed by atoms with Gasteiger partial charge in [-0.25, -0.2) is 4.39 Å². The van der Waals surface area contributed by atoms with Gasteiger partial charge >= 0.3 is 0 Å². The van der Waals surface area contributed by atoms with Gasteiger partial charge in [-0.2, -0.15) is 0 Å². The summed E-state index contributed by atoms with van der Waals surface area (Å²) in [4.78, 5) is 28.2. The van der Waals surface area contributed by atoms with Crippen molar-refractivity contribution in [3.8, 4) is 0 Å². The average molecular weight is 529 g/mol. The lowest BCUT2D eigenvalue weighted by atomic mass is 9.57. The Morgan fingerprint density at radius 2 is 1.83 bits per heavy atom. The van der Waals surface area contributed by atoms with Gasteiger partial charge in [-0.05, 0) is 66.3 Å². The van der Waals surface area contributed by atoms with Gasteiger partial charge in [0.15, 0.2) is 5.78 Å². The predicted octanol–water partition coefficient (Wildman–Crippen LogP) is 6.79. The molecule has 1 amide bonds. The second-order valence-corrected chi connectivity index (χ2v) is 12.9. The fourth-order valence-electron chi connectivity index (χ4n) is 8.15. The fraction of sp³-hybridized carbons (Fsp3) is 0.517. The highest BCUT2D eigenvalue weighted by Gasteiger charge is 2.72. The normalized spacial score (nSPS) is 30.0. The first kappa shape index (κ1) is 24.4. The Balaban J connectivity index is 1.55. The second kappa shape index (κ2) is 8.28. The third kappa shape index (κ3) is 3.35. The molecule has 7 heteroatoms. The number of carbonyl (C=O) groups excluding carboxylic acids is 2. The number of halogens is 3. The van der Waals surface area contributed by atoms with Crippen LogP contribution in [0.3, 0.4) is 0 Å². The maximum atomic E-state index is 15.8. The van der Waals surface area contributed by atoms with Crippen molar-refractivity contribution in [3.05, 3.63) is 63.4 Å².